The van der Waals surface area contributed by atoms with Gasteiger partial charge in [-0.1, -0.05) is 25.7 Å². The van der Waals surface area contributed by atoms with Crippen LogP contribution in [0, 0.1) is 12.3 Å². The summed E-state index contributed by atoms with van der Waals surface area (Å²) in [4.78, 5) is 0. The predicted octanol–water partition coefficient (Wildman–Crippen LogP) is 2.37. The normalized spacial score (nSPS) is 18.3. The van der Waals surface area contributed by atoms with E-state index in [1.54, 1.807) is 0 Å². The van der Waals surface area contributed by atoms with Gasteiger partial charge in [0.1, 0.15) is 5.84 Å². The average molecular weight is 220 g/mol. The second kappa shape index (κ2) is 4.68. The van der Waals surface area contributed by atoms with E-state index in [1.807, 2.05) is 17.8 Å². The van der Waals surface area contributed by atoms with Crippen molar-refractivity contribution in [1.82, 2.24) is 9.78 Å². The Morgan fingerprint density at radius 1 is 1.38 bits per heavy atom. The van der Waals surface area contributed by atoms with E-state index >= 15 is 0 Å². The number of hydrogen-bond acceptors (Lipinski definition) is 2. The summed E-state index contributed by atoms with van der Waals surface area (Å²) < 4.78 is 2.03. The van der Waals surface area contributed by atoms with E-state index in [1.165, 1.54) is 38.5 Å². The molecule has 1 aromatic heterocycles. The number of nitrogens with one attached hydrogen (secondary N) is 1. The SMILES string of the molecule is Cc1nn(C2CCCCCC2)cc1C(=N)N. The van der Waals surface area contributed by atoms with E-state index in [4.69, 9.17) is 11.1 Å². The molecule has 0 atom stereocenters. The predicted molar refractivity (Wildman–Crippen MR) is 64.7 cm³/mol. The Morgan fingerprint density at radius 3 is 2.50 bits per heavy atom. The summed E-state index contributed by atoms with van der Waals surface area (Å²) >= 11 is 0. The van der Waals surface area contributed by atoms with E-state index < -0.39 is 0 Å². The summed E-state index contributed by atoms with van der Waals surface area (Å²) in [5.41, 5.74) is 7.17. The number of amidine groups is 1. The Bertz CT molecular complexity index is 372. The minimum atomic E-state index is 0.123. The van der Waals surface area contributed by atoms with Gasteiger partial charge >= 0.3 is 0 Å². The molecule has 0 amide bonds. The molecule has 1 saturated carbocycles. The molecule has 0 unspecified atom stereocenters. The molecule has 88 valence electrons. The molecule has 0 spiro atoms. The van der Waals surface area contributed by atoms with Crippen LogP contribution in [0.2, 0.25) is 0 Å². The van der Waals surface area contributed by atoms with Gasteiger partial charge in [-0.25, -0.2) is 0 Å². The molecule has 1 heterocycles. The van der Waals surface area contributed by atoms with Crippen LogP contribution in [0.4, 0.5) is 0 Å². The van der Waals surface area contributed by atoms with Gasteiger partial charge in [-0.05, 0) is 19.8 Å². The fraction of sp³-hybridized carbons (Fsp3) is 0.667. The Labute approximate surface area is 96.3 Å². The Balaban J connectivity index is 2.19. The van der Waals surface area contributed by atoms with Crippen molar-refractivity contribution >= 4 is 5.84 Å². The smallest absolute Gasteiger partial charge is 0.126 e. The molecule has 0 bridgehead atoms. The van der Waals surface area contributed by atoms with E-state index in [-0.39, 0.29) is 5.84 Å². The standard InChI is InChI=1S/C12H20N4/c1-9-11(12(13)14)8-16(15-9)10-6-4-2-3-5-7-10/h8,10H,2-7H2,1H3,(H3,13,14). The molecule has 2 rings (SSSR count). The van der Waals surface area contributed by atoms with Crippen LogP contribution in [0.5, 0.6) is 0 Å². The van der Waals surface area contributed by atoms with Gasteiger partial charge in [-0.15, -0.1) is 0 Å². The molecule has 0 aromatic carbocycles. The molecule has 1 aromatic rings. The van der Waals surface area contributed by atoms with Gasteiger partial charge < -0.3 is 5.73 Å². The maximum atomic E-state index is 7.47. The van der Waals surface area contributed by atoms with Crippen molar-refractivity contribution in [2.75, 3.05) is 0 Å². The number of aromatic nitrogens is 2. The number of hydrogen-bond donors (Lipinski definition) is 2. The molecule has 3 N–H and O–H groups in total. The second-order valence-electron chi connectivity index (χ2n) is 4.67. The zero-order valence-corrected chi connectivity index (χ0v) is 9.87. The lowest BCUT2D eigenvalue weighted by Crippen LogP contribution is -2.11. The largest absolute Gasteiger partial charge is 0.384 e. The second-order valence-corrected chi connectivity index (χ2v) is 4.67. The zero-order valence-electron chi connectivity index (χ0n) is 9.87. The molecule has 1 fully saturated rings. The highest BCUT2D eigenvalue weighted by Gasteiger charge is 2.17. The van der Waals surface area contributed by atoms with Crippen molar-refractivity contribution in [3.8, 4) is 0 Å². The minimum absolute atomic E-state index is 0.123. The lowest BCUT2D eigenvalue weighted by molar-refractivity contribution is 0.404. The molecule has 1 aliphatic rings. The number of nitrogen functional groups attached to an aromatic ring is 1. The third-order valence-corrected chi connectivity index (χ3v) is 3.41. The van der Waals surface area contributed by atoms with Gasteiger partial charge in [0.15, 0.2) is 0 Å². The van der Waals surface area contributed by atoms with Gasteiger partial charge in [0.05, 0.1) is 17.3 Å². The van der Waals surface area contributed by atoms with Gasteiger partial charge in [0.25, 0.3) is 0 Å². The first-order valence-electron chi connectivity index (χ1n) is 6.08. The number of aryl methyl sites for hydroxylation is 1. The van der Waals surface area contributed by atoms with Crippen molar-refractivity contribution < 1.29 is 0 Å². The van der Waals surface area contributed by atoms with Crippen LogP contribution in [0.3, 0.4) is 0 Å². The van der Waals surface area contributed by atoms with E-state index in [9.17, 15) is 0 Å². The molecule has 16 heavy (non-hydrogen) atoms. The fourth-order valence-electron chi connectivity index (χ4n) is 2.46. The number of rotatable bonds is 2. The van der Waals surface area contributed by atoms with Crippen molar-refractivity contribution in [2.45, 2.75) is 51.5 Å². The summed E-state index contributed by atoms with van der Waals surface area (Å²) in [6.07, 6.45) is 9.62. The number of nitrogens with two attached hydrogens (primary N) is 1. The molecule has 0 radical (unpaired) electrons. The Kier molecular flexibility index (Phi) is 3.27. The van der Waals surface area contributed by atoms with Crippen molar-refractivity contribution in [3.05, 3.63) is 17.5 Å². The fourth-order valence-corrected chi connectivity index (χ4v) is 2.46. The molecular formula is C12H20N4. The average Bonchev–Trinajstić information content (AvgIpc) is 2.50. The Morgan fingerprint density at radius 2 is 2.00 bits per heavy atom. The summed E-state index contributed by atoms with van der Waals surface area (Å²) in [5.74, 6) is 0.123. The minimum Gasteiger partial charge on any atom is -0.384 e. The Hall–Kier alpha value is -1.32. The summed E-state index contributed by atoms with van der Waals surface area (Å²) in [5, 5.41) is 12.0. The zero-order chi connectivity index (χ0) is 11.5. The molecule has 1 aliphatic carbocycles. The molecule has 4 nitrogen and oxygen atoms in total. The first-order valence-corrected chi connectivity index (χ1v) is 6.08. The monoisotopic (exact) mass is 220 g/mol. The maximum absolute atomic E-state index is 7.47. The highest BCUT2D eigenvalue weighted by atomic mass is 15.3. The van der Waals surface area contributed by atoms with Gasteiger partial charge in [0.2, 0.25) is 0 Å². The molecule has 4 heteroatoms. The lowest BCUT2D eigenvalue weighted by Gasteiger charge is -2.14. The molecular weight excluding hydrogens is 200 g/mol. The van der Waals surface area contributed by atoms with Crippen LogP contribution in [-0.2, 0) is 0 Å². The number of nitrogens with zero attached hydrogens (tertiary/aromatic N) is 2. The van der Waals surface area contributed by atoms with Crippen LogP contribution >= 0.6 is 0 Å². The van der Waals surface area contributed by atoms with Crippen molar-refractivity contribution in [1.29, 1.82) is 5.41 Å². The van der Waals surface area contributed by atoms with E-state index in [0.29, 0.717) is 6.04 Å². The van der Waals surface area contributed by atoms with Crippen LogP contribution in [0.15, 0.2) is 6.20 Å². The summed E-state index contributed by atoms with van der Waals surface area (Å²) in [6.45, 7) is 1.92. The van der Waals surface area contributed by atoms with Crippen LogP contribution in [-0.4, -0.2) is 15.6 Å². The third-order valence-electron chi connectivity index (χ3n) is 3.41. The van der Waals surface area contributed by atoms with Crippen LogP contribution in [0.1, 0.15) is 55.8 Å². The third kappa shape index (κ3) is 2.26. The maximum Gasteiger partial charge on any atom is 0.126 e. The highest BCUT2D eigenvalue weighted by Crippen LogP contribution is 2.27. The molecule has 0 saturated heterocycles. The van der Waals surface area contributed by atoms with Crippen LogP contribution < -0.4 is 5.73 Å². The van der Waals surface area contributed by atoms with E-state index in [2.05, 4.69) is 5.10 Å². The first-order chi connectivity index (χ1) is 7.68. The van der Waals surface area contributed by atoms with Crippen molar-refractivity contribution in [3.63, 3.8) is 0 Å². The molecule has 0 aliphatic heterocycles. The van der Waals surface area contributed by atoms with Gasteiger partial charge in [-0.2, -0.15) is 5.10 Å². The van der Waals surface area contributed by atoms with Crippen molar-refractivity contribution in [2.24, 2.45) is 5.73 Å². The quantitative estimate of drug-likeness (QED) is 0.456. The van der Waals surface area contributed by atoms with Crippen LogP contribution in [0.25, 0.3) is 0 Å². The topological polar surface area (TPSA) is 67.7 Å². The summed E-state index contributed by atoms with van der Waals surface area (Å²) in [6, 6.07) is 0.509. The van der Waals surface area contributed by atoms with Gasteiger partial charge in [-0.3, -0.25) is 10.1 Å². The summed E-state index contributed by atoms with van der Waals surface area (Å²) in [7, 11) is 0. The lowest BCUT2D eigenvalue weighted by atomic mass is 10.1. The highest BCUT2D eigenvalue weighted by molar-refractivity contribution is 5.95. The van der Waals surface area contributed by atoms with Gasteiger partial charge in [0, 0.05) is 6.20 Å². The van der Waals surface area contributed by atoms with E-state index in [0.717, 1.165) is 11.3 Å². The first kappa shape index (κ1) is 11.2.